The standard InChI is InChI=1S/C24H31N3O5S/c28-24(27-11-9-21(10-12-27)19-26-13-16-31-17-14-26)8-5-20-3-6-23(7-4-20)33(29,30)25-18-22-2-1-15-32-22/h1-8,15,21,25H,9-14,16-19H2. The Morgan fingerprint density at radius 1 is 1.06 bits per heavy atom. The maximum atomic E-state index is 12.6. The minimum absolute atomic E-state index is 0.00312. The number of ether oxygens (including phenoxy) is 1. The third-order valence-corrected chi connectivity index (χ3v) is 7.59. The first-order valence-electron chi connectivity index (χ1n) is 11.4. The number of hydrogen-bond acceptors (Lipinski definition) is 6. The van der Waals surface area contributed by atoms with E-state index in [9.17, 15) is 13.2 Å². The van der Waals surface area contributed by atoms with Crippen molar-refractivity contribution in [3.8, 4) is 0 Å². The SMILES string of the molecule is O=C(C=Cc1ccc(S(=O)(=O)NCc2ccco2)cc1)N1CCC(CN2CCOCC2)CC1. The number of hydrogen-bond donors (Lipinski definition) is 1. The Morgan fingerprint density at radius 2 is 1.79 bits per heavy atom. The number of morpholine rings is 1. The van der Waals surface area contributed by atoms with Crippen LogP contribution >= 0.6 is 0 Å². The summed E-state index contributed by atoms with van der Waals surface area (Å²) in [5.41, 5.74) is 0.774. The highest BCUT2D eigenvalue weighted by Gasteiger charge is 2.24. The smallest absolute Gasteiger partial charge is 0.246 e. The summed E-state index contributed by atoms with van der Waals surface area (Å²) in [6.45, 7) is 6.37. The molecule has 33 heavy (non-hydrogen) atoms. The van der Waals surface area contributed by atoms with Crippen molar-refractivity contribution in [2.75, 3.05) is 45.9 Å². The van der Waals surface area contributed by atoms with Crippen LogP contribution in [0.2, 0.25) is 0 Å². The average Bonchev–Trinajstić information content (AvgIpc) is 3.37. The second-order valence-corrected chi connectivity index (χ2v) is 10.3. The van der Waals surface area contributed by atoms with E-state index >= 15 is 0 Å². The fraction of sp³-hybridized carbons (Fsp3) is 0.458. The van der Waals surface area contributed by atoms with Crippen LogP contribution in [0, 0.1) is 5.92 Å². The molecule has 2 aliphatic rings. The predicted molar refractivity (Wildman–Crippen MR) is 125 cm³/mol. The van der Waals surface area contributed by atoms with Gasteiger partial charge >= 0.3 is 0 Å². The Balaban J connectivity index is 1.24. The van der Waals surface area contributed by atoms with Gasteiger partial charge in [0.15, 0.2) is 0 Å². The van der Waals surface area contributed by atoms with E-state index in [1.807, 2.05) is 4.90 Å². The van der Waals surface area contributed by atoms with Gasteiger partial charge < -0.3 is 14.1 Å². The van der Waals surface area contributed by atoms with Crippen LogP contribution in [-0.2, 0) is 26.1 Å². The van der Waals surface area contributed by atoms with E-state index in [1.54, 1.807) is 36.4 Å². The molecule has 178 valence electrons. The van der Waals surface area contributed by atoms with Gasteiger partial charge in [-0.2, -0.15) is 0 Å². The lowest BCUT2D eigenvalue weighted by Crippen LogP contribution is -2.43. The molecule has 3 heterocycles. The Labute approximate surface area is 195 Å². The first kappa shape index (κ1) is 23.7. The Morgan fingerprint density at radius 3 is 2.45 bits per heavy atom. The van der Waals surface area contributed by atoms with Gasteiger partial charge in [0.05, 0.1) is 30.9 Å². The lowest BCUT2D eigenvalue weighted by Gasteiger charge is -2.35. The summed E-state index contributed by atoms with van der Waals surface area (Å²) in [6.07, 6.45) is 6.85. The molecular formula is C24H31N3O5S. The summed E-state index contributed by atoms with van der Waals surface area (Å²) in [5.74, 6) is 1.17. The quantitative estimate of drug-likeness (QED) is 0.592. The zero-order chi connectivity index (χ0) is 23.1. The number of carbonyl (C=O) groups excluding carboxylic acids is 1. The molecule has 2 aliphatic heterocycles. The summed E-state index contributed by atoms with van der Waals surface area (Å²) in [4.78, 5) is 17.1. The van der Waals surface area contributed by atoms with E-state index in [0.29, 0.717) is 11.7 Å². The monoisotopic (exact) mass is 473 g/mol. The number of nitrogens with one attached hydrogen (secondary N) is 1. The number of carbonyl (C=O) groups is 1. The number of likely N-dealkylation sites (tertiary alicyclic amines) is 1. The maximum Gasteiger partial charge on any atom is 0.246 e. The normalized spacial score (nSPS) is 18.7. The van der Waals surface area contributed by atoms with Gasteiger partial charge in [-0.25, -0.2) is 13.1 Å². The van der Waals surface area contributed by atoms with Crippen molar-refractivity contribution in [2.45, 2.75) is 24.3 Å². The molecule has 2 aromatic rings. The molecule has 0 saturated carbocycles. The highest BCUT2D eigenvalue weighted by atomic mass is 32.2. The van der Waals surface area contributed by atoms with Crippen LogP contribution < -0.4 is 4.72 Å². The van der Waals surface area contributed by atoms with E-state index in [2.05, 4.69) is 9.62 Å². The van der Waals surface area contributed by atoms with Gasteiger partial charge in [-0.15, -0.1) is 0 Å². The van der Waals surface area contributed by atoms with Gasteiger partial charge in [0.25, 0.3) is 0 Å². The third kappa shape index (κ3) is 6.77. The lowest BCUT2D eigenvalue weighted by atomic mass is 9.96. The number of rotatable bonds is 8. The second-order valence-electron chi connectivity index (χ2n) is 8.49. The zero-order valence-corrected chi connectivity index (χ0v) is 19.5. The molecule has 0 unspecified atom stereocenters. The molecule has 9 heteroatoms. The first-order valence-corrected chi connectivity index (χ1v) is 12.9. The van der Waals surface area contributed by atoms with Crippen molar-refractivity contribution in [2.24, 2.45) is 5.92 Å². The fourth-order valence-electron chi connectivity index (χ4n) is 4.18. The number of piperidine rings is 1. The molecular weight excluding hydrogens is 442 g/mol. The summed E-state index contributed by atoms with van der Waals surface area (Å²) in [7, 11) is -3.64. The average molecular weight is 474 g/mol. The molecule has 0 atom stereocenters. The van der Waals surface area contributed by atoms with Crippen LogP contribution in [-0.4, -0.2) is 70.1 Å². The highest BCUT2D eigenvalue weighted by molar-refractivity contribution is 7.89. The highest BCUT2D eigenvalue weighted by Crippen LogP contribution is 2.20. The van der Waals surface area contributed by atoms with Crippen molar-refractivity contribution >= 4 is 22.0 Å². The summed E-state index contributed by atoms with van der Waals surface area (Å²) >= 11 is 0. The van der Waals surface area contributed by atoms with Crippen molar-refractivity contribution in [1.29, 1.82) is 0 Å². The second kappa shape index (κ2) is 11.1. The first-order chi connectivity index (χ1) is 16.0. The molecule has 2 fully saturated rings. The van der Waals surface area contributed by atoms with E-state index in [0.717, 1.165) is 64.3 Å². The van der Waals surface area contributed by atoms with Crippen molar-refractivity contribution in [3.05, 3.63) is 60.1 Å². The molecule has 1 amide bonds. The maximum absolute atomic E-state index is 12.6. The van der Waals surface area contributed by atoms with Gasteiger partial charge in [-0.1, -0.05) is 12.1 Å². The van der Waals surface area contributed by atoms with Crippen molar-refractivity contribution < 1.29 is 22.4 Å². The summed E-state index contributed by atoms with van der Waals surface area (Å²) in [6, 6.07) is 9.87. The van der Waals surface area contributed by atoms with Gasteiger partial charge in [0.2, 0.25) is 15.9 Å². The molecule has 1 N–H and O–H groups in total. The van der Waals surface area contributed by atoms with E-state index in [4.69, 9.17) is 9.15 Å². The summed E-state index contributed by atoms with van der Waals surface area (Å²) in [5, 5.41) is 0. The van der Waals surface area contributed by atoms with E-state index in [-0.39, 0.29) is 17.3 Å². The molecule has 2 saturated heterocycles. The molecule has 8 nitrogen and oxygen atoms in total. The number of sulfonamides is 1. The molecule has 0 spiro atoms. The van der Waals surface area contributed by atoms with Gasteiger partial charge in [-0.3, -0.25) is 9.69 Å². The zero-order valence-electron chi connectivity index (χ0n) is 18.7. The molecule has 0 bridgehead atoms. The lowest BCUT2D eigenvalue weighted by molar-refractivity contribution is -0.127. The van der Waals surface area contributed by atoms with Gasteiger partial charge in [0.1, 0.15) is 5.76 Å². The number of nitrogens with zero attached hydrogens (tertiary/aromatic N) is 2. The minimum atomic E-state index is -3.64. The van der Waals surface area contributed by atoms with E-state index < -0.39 is 10.0 Å². The molecule has 0 radical (unpaired) electrons. The molecule has 1 aromatic carbocycles. The fourth-order valence-corrected chi connectivity index (χ4v) is 5.17. The van der Waals surface area contributed by atoms with Gasteiger partial charge in [0, 0.05) is 38.8 Å². The third-order valence-electron chi connectivity index (χ3n) is 6.17. The topological polar surface area (TPSA) is 92.1 Å². The number of benzene rings is 1. The molecule has 0 aliphatic carbocycles. The van der Waals surface area contributed by atoms with Gasteiger partial charge in [-0.05, 0) is 54.7 Å². The van der Waals surface area contributed by atoms with Crippen LogP contribution in [0.3, 0.4) is 0 Å². The van der Waals surface area contributed by atoms with E-state index in [1.165, 1.54) is 18.4 Å². The van der Waals surface area contributed by atoms with Crippen molar-refractivity contribution in [1.82, 2.24) is 14.5 Å². The molecule has 1 aromatic heterocycles. The number of amides is 1. The van der Waals surface area contributed by atoms with Crippen LogP contribution in [0.5, 0.6) is 0 Å². The Hall–Kier alpha value is -2.46. The minimum Gasteiger partial charge on any atom is -0.468 e. The van der Waals surface area contributed by atoms with Crippen LogP contribution in [0.1, 0.15) is 24.2 Å². The predicted octanol–water partition coefficient (Wildman–Crippen LogP) is 2.34. The van der Waals surface area contributed by atoms with Crippen LogP contribution in [0.15, 0.2) is 58.1 Å². The Bertz CT molecular complexity index is 1020. The number of furan rings is 1. The molecule has 4 rings (SSSR count). The van der Waals surface area contributed by atoms with Crippen LogP contribution in [0.25, 0.3) is 6.08 Å². The van der Waals surface area contributed by atoms with Crippen molar-refractivity contribution in [3.63, 3.8) is 0 Å². The van der Waals surface area contributed by atoms with Crippen LogP contribution in [0.4, 0.5) is 0 Å². The summed E-state index contributed by atoms with van der Waals surface area (Å²) < 4.78 is 37.9. The Kier molecular flexibility index (Phi) is 7.97. The largest absolute Gasteiger partial charge is 0.468 e.